The molecule has 16 heavy (non-hydrogen) atoms. The summed E-state index contributed by atoms with van der Waals surface area (Å²) in [5.74, 6) is 0. The van der Waals surface area contributed by atoms with Crippen LogP contribution in [0.4, 0.5) is 5.69 Å². The van der Waals surface area contributed by atoms with Crippen LogP contribution in [0.2, 0.25) is 0 Å². The van der Waals surface area contributed by atoms with Crippen LogP contribution in [0.1, 0.15) is 26.3 Å². The fourth-order valence-electron chi connectivity index (χ4n) is 1.42. The lowest BCUT2D eigenvalue weighted by atomic mass is 10.1. The molecule has 86 valence electrons. The molecule has 0 aliphatic heterocycles. The van der Waals surface area contributed by atoms with Gasteiger partial charge in [-0.25, -0.2) is 0 Å². The number of rotatable bonds is 4. The molecule has 0 aliphatic rings. The van der Waals surface area contributed by atoms with Crippen molar-refractivity contribution in [1.82, 2.24) is 0 Å². The molecule has 0 atom stereocenters. The van der Waals surface area contributed by atoms with E-state index in [1.165, 1.54) is 5.56 Å². The zero-order valence-corrected chi connectivity index (χ0v) is 10.2. The molecule has 0 saturated heterocycles. The molecule has 0 amide bonds. The topological polar surface area (TPSA) is 38.0 Å². The molecule has 0 bridgehead atoms. The Bertz CT molecular complexity index is 386. The van der Waals surface area contributed by atoms with Crippen LogP contribution in [0.5, 0.6) is 0 Å². The second-order valence-corrected chi connectivity index (χ2v) is 3.76. The minimum atomic E-state index is 0.766. The molecule has 0 heterocycles. The van der Waals surface area contributed by atoms with Crippen LogP contribution >= 0.6 is 0 Å². The highest BCUT2D eigenvalue weighted by Crippen LogP contribution is 2.13. The fourth-order valence-corrected chi connectivity index (χ4v) is 1.42. The van der Waals surface area contributed by atoms with Gasteiger partial charge in [-0.3, -0.25) is 0 Å². The molecule has 0 radical (unpaired) electrons. The molecule has 0 aliphatic carbocycles. The fraction of sp³-hybridized carbons (Fsp3) is 0.286. The maximum absolute atomic E-state index is 5.86. The van der Waals surface area contributed by atoms with Gasteiger partial charge in [-0.15, -0.1) is 0 Å². The Balaban J connectivity index is 2.76. The largest absolute Gasteiger partial charge is 0.397 e. The van der Waals surface area contributed by atoms with Crippen molar-refractivity contribution in [2.75, 3.05) is 5.32 Å². The van der Waals surface area contributed by atoms with Gasteiger partial charge in [0.25, 0.3) is 0 Å². The second kappa shape index (κ2) is 6.01. The van der Waals surface area contributed by atoms with Crippen molar-refractivity contribution in [3.05, 3.63) is 53.4 Å². The maximum atomic E-state index is 5.86. The van der Waals surface area contributed by atoms with E-state index in [-0.39, 0.29) is 0 Å². The van der Waals surface area contributed by atoms with E-state index in [4.69, 9.17) is 5.73 Å². The van der Waals surface area contributed by atoms with Crippen LogP contribution in [0.3, 0.4) is 0 Å². The SMILES string of the molecule is C/C=C\C(N)=C(/C)Nc1ccc(CC)cc1. The average molecular weight is 216 g/mol. The van der Waals surface area contributed by atoms with Gasteiger partial charge in [-0.1, -0.05) is 25.1 Å². The molecule has 2 heteroatoms. The summed E-state index contributed by atoms with van der Waals surface area (Å²) in [6.45, 7) is 6.08. The normalized spacial score (nSPS) is 12.7. The van der Waals surface area contributed by atoms with E-state index < -0.39 is 0 Å². The highest BCUT2D eigenvalue weighted by Gasteiger charge is 1.96. The van der Waals surface area contributed by atoms with E-state index in [2.05, 4.69) is 36.5 Å². The summed E-state index contributed by atoms with van der Waals surface area (Å²) < 4.78 is 0. The molecule has 0 aromatic heterocycles. The van der Waals surface area contributed by atoms with Crippen LogP contribution in [0.15, 0.2) is 47.8 Å². The van der Waals surface area contributed by atoms with E-state index in [0.29, 0.717) is 0 Å². The number of hydrogen-bond donors (Lipinski definition) is 2. The smallest absolute Gasteiger partial charge is 0.0504 e. The zero-order valence-electron chi connectivity index (χ0n) is 10.2. The van der Waals surface area contributed by atoms with E-state index in [1.807, 2.05) is 26.0 Å². The lowest BCUT2D eigenvalue weighted by Gasteiger charge is -2.09. The summed E-state index contributed by atoms with van der Waals surface area (Å²) in [5, 5.41) is 3.28. The summed E-state index contributed by atoms with van der Waals surface area (Å²) in [5.41, 5.74) is 10.0. The first-order chi connectivity index (χ1) is 7.67. The Morgan fingerprint density at radius 2 is 1.94 bits per heavy atom. The van der Waals surface area contributed by atoms with Crippen molar-refractivity contribution in [2.24, 2.45) is 5.73 Å². The highest BCUT2D eigenvalue weighted by atomic mass is 14.9. The van der Waals surface area contributed by atoms with Crippen molar-refractivity contribution in [3.63, 3.8) is 0 Å². The summed E-state index contributed by atoms with van der Waals surface area (Å²) in [6, 6.07) is 8.40. The predicted molar refractivity (Wildman–Crippen MR) is 71.1 cm³/mol. The van der Waals surface area contributed by atoms with E-state index >= 15 is 0 Å². The third-order valence-electron chi connectivity index (χ3n) is 2.47. The Hall–Kier alpha value is -1.70. The number of hydrogen-bond acceptors (Lipinski definition) is 2. The van der Waals surface area contributed by atoms with Crippen molar-refractivity contribution in [3.8, 4) is 0 Å². The molecule has 0 spiro atoms. The molecule has 1 aromatic rings. The van der Waals surface area contributed by atoms with Crippen LogP contribution < -0.4 is 11.1 Å². The van der Waals surface area contributed by atoms with Gasteiger partial charge in [0.05, 0.1) is 5.70 Å². The van der Waals surface area contributed by atoms with Gasteiger partial charge in [0.15, 0.2) is 0 Å². The molecular formula is C14H20N2. The first-order valence-corrected chi connectivity index (χ1v) is 5.62. The number of anilines is 1. The molecule has 0 unspecified atom stereocenters. The van der Waals surface area contributed by atoms with Gasteiger partial charge in [0.1, 0.15) is 0 Å². The Morgan fingerprint density at radius 1 is 1.31 bits per heavy atom. The van der Waals surface area contributed by atoms with E-state index in [0.717, 1.165) is 23.5 Å². The Morgan fingerprint density at radius 3 is 2.44 bits per heavy atom. The minimum absolute atomic E-state index is 0.766. The Labute approximate surface area is 97.9 Å². The molecular weight excluding hydrogens is 196 g/mol. The molecule has 1 aromatic carbocycles. The van der Waals surface area contributed by atoms with Gasteiger partial charge in [-0.2, -0.15) is 0 Å². The molecule has 0 fully saturated rings. The van der Waals surface area contributed by atoms with Crippen LogP contribution in [0.25, 0.3) is 0 Å². The second-order valence-electron chi connectivity index (χ2n) is 3.76. The minimum Gasteiger partial charge on any atom is -0.397 e. The summed E-state index contributed by atoms with van der Waals surface area (Å²) in [7, 11) is 0. The summed E-state index contributed by atoms with van der Waals surface area (Å²) in [4.78, 5) is 0. The lowest BCUT2D eigenvalue weighted by molar-refractivity contribution is 1.14. The van der Waals surface area contributed by atoms with Gasteiger partial charge < -0.3 is 11.1 Å². The number of benzene rings is 1. The molecule has 0 saturated carbocycles. The van der Waals surface area contributed by atoms with Crippen molar-refractivity contribution < 1.29 is 0 Å². The van der Waals surface area contributed by atoms with Crippen molar-refractivity contribution >= 4 is 5.69 Å². The van der Waals surface area contributed by atoms with Gasteiger partial charge >= 0.3 is 0 Å². The Kier molecular flexibility index (Phi) is 4.65. The number of allylic oxidation sites excluding steroid dienone is 3. The highest BCUT2D eigenvalue weighted by molar-refractivity contribution is 5.50. The standard InChI is InChI=1S/C14H20N2/c1-4-6-14(15)11(3)16-13-9-7-12(5-2)8-10-13/h4,6-10,16H,5,15H2,1-3H3/b6-4-,14-11-. The lowest BCUT2D eigenvalue weighted by Crippen LogP contribution is -2.05. The van der Waals surface area contributed by atoms with Crippen LogP contribution in [-0.2, 0) is 6.42 Å². The monoisotopic (exact) mass is 216 g/mol. The first kappa shape index (κ1) is 12.4. The average Bonchev–Trinajstić information content (AvgIpc) is 2.30. The van der Waals surface area contributed by atoms with E-state index in [1.54, 1.807) is 0 Å². The van der Waals surface area contributed by atoms with Gasteiger partial charge in [0.2, 0.25) is 0 Å². The van der Waals surface area contributed by atoms with Gasteiger partial charge in [-0.05, 0) is 44.0 Å². The van der Waals surface area contributed by atoms with Crippen molar-refractivity contribution in [1.29, 1.82) is 0 Å². The first-order valence-electron chi connectivity index (χ1n) is 5.62. The summed E-state index contributed by atoms with van der Waals surface area (Å²) >= 11 is 0. The number of aryl methyl sites for hydroxylation is 1. The quantitative estimate of drug-likeness (QED) is 0.757. The third kappa shape index (κ3) is 3.46. The van der Waals surface area contributed by atoms with Gasteiger partial charge in [0, 0.05) is 11.4 Å². The van der Waals surface area contributed by atoms with Crippen LogP contribution in [-0.4, -0.2) is 0 Å². The third-order valence-corrected chi connectivity index (χ3v) is 2.47. The molecule has 2 nitrogen and oxygen atoms in total. The predicted octanol–water partition coefficient (Wildman–Crippen LogP) is 3.43. The molecule has 3 N–H and O–H groups in total. The molecule has 1 rings (SSSR count). The maximum Gasteiger partial charge on any atom is 0.0504 e. The zero-order chi connectivity index (χ0) is 12.0. The summed E-state index contributed by atoms with van der Waals surface area (Å²) in [6.07, 6.45) is 4.89. The van der Waals surface area contributed by atoms with E-state index in [9.17, 15) is 0 Å². The van der Waals surface area contributed by atoms with Crippen LogP contribution in [0, 0.1) is 0 Å². The number of nitrogens with one attached hydrogen (secondary N) is 1. The van der Waals surface area contributed by atoms with Crippen molar-refractivity contribution in [2.45, 2.75) is 27.2 Å². The number of nitrogens with two attached hydrogens (primary N) is 1.